The number of rotatable bonds is 1. The third kappa shape index (κ3) is 2.63. The first-order valence-corrected chi connectivity index (χ1v) is 5.44. The Kier molecular flexibility index (Phi) is 3.40. The van der Waals surface area contributed by atoms with Gasteiger partial charge in [-0.1, -0.05) is 11.8 Å². The third-order valence-corrected chi connectivity index (χ3v) is 2.51. The Bertz CT molecular complexity index is 659. The molecule has 1 heterocycles. The Hall–Kier alpha value is -2.30. The number of nitriles is 1. The van der Waals surface area contributed by atoms with E-state index in [1.807, 2.05) is 41.1 Å². The smallest absolute Gasteiger partial charge is 0.181 e. The van der Waals surface area contributed by atoms with Crippen molar-refractivity contribution in [1.82, 2.24) is 9.55 Å². The summed E-state index contributed by atoms with van der Waals surface area (Å²) in [6.45, 7) is 0. The van der Waals surface area contributed by atoms with Crippen LogP contribution >= 0.6 is 12.2 Å². The van der Waals surface area contributed by atoms with Gasteiger partial charge in [0.25, 0.3) is 0 Å². The molecule has 1 aromatic heterocycles. The molecule has 82 valence electrons. The molecule has 0 saturated heterocycles. The molecule has 0 saturated carbocycles. The summed E-state index contributed by atoms with van der Waals surface area (Å²) in [5.41, 5.74) is 1.88. The summed E-state index contributed by atoms with van der Waals surface area (Å²) in [4.78, 5) is 2.94. The second-order valence-electron chi connectivity index (χ2n) is 3.32. The maximum absolute atomic E-state index is 8.37. The molecule has 0 aliphatic carbocycles. The minimum absolute atomic E-state index is 0.255. The average molecular weight is 239 g/mol. The Morgan fingerprint density at radius 1 is 1.29 bits per heavy atom. The summed E-state index contributed by atoms with van der Waals surface area (Å²) < 4.78 is 2.54. The highest BCUT2D eigenvalue weighted by atomic mass is 32.1. The minimum atomic E-state index is 0.255. The summed E-state index contributed by atoms with van der Waals surface area (Å²) in [6.07, 6.45) is 3.92. The first-order valence-electron chi connectivity index (χ1n) is 5.03. The molecule has 0 amide bonds. The zero-order valence-electron chi connectivity index (χ0n) is 8.97. The molecule has 2 aromatic rings. The van der Waals surface area contributed by atoms with E-state index in [4.69, 9.17) is 17.5 Å². The van der Waals surface area contributed by atoms with Crippen LogP contribution in [0.25, 0.3) is 5.69 Å². The lowest BCUT2D eigenvalue weighted by Crippen LogP contribution is -1.91. The van der Waals surface area contributed by atoms with Crippen LogP contribution in [0, 0.1) is 27.9 Å². The molecule has 0 aliphatic heterocycles. The molecule has 0 unspecified atom stereocenters. The molecule has 2 rings (SSSR count). The van der Waals surface area contributed by atoms with Gasteiger partial charge in [-0.3, -0.25) is 4.57 Å². The normalized spacial score (nSPS) is 9.12. The van der Waals surface area contributed by atoms with Crippen molar-refractivity contribution in [2.75, 3.05) is 0 Å². The van der Waals surface area contributed by atoms with Gasteiger partial charge in [0.2, 0.25) is 0 Å². The lowest BCUT2D eigenvalue weighted by Gasteiger charge is -2.01. The first kappa shape index (κ1) is 11.2. The van der Waals surface area contributed by atoms with Crippen LogP contribution in [0.15, 0.2) is 36.7 Å². The zero-order chi connectivity index (χ0) is 12.1. The van der Waals surface area contributed by atoms with Gasteiger partial charge in [-0.15, -0.1) is 0 Å². The van der Waals surface area contributed by atoms with Crippen molar-refractivity contribution in [2.24, 2.45) is 0 Å². The highest BCUT2D eigenvalue weighted by Crippen LogP contribution is 2.09. The summed E-state index contributed by atoms with van der Waals surface area (Å²) in [6, 6.07) is 9.69. The first-order chi connectivity index (χ1) is 8.31. The van der Waals surface area contributed by atoms with E-state index in [2.05, 4.69) is 16.8 Å². The molecular formula is C13H9N3S. The SMILES string of the molecule is N#CCC#Cc1ccc(-n2cc[nH]c2=S)cc1. The van der Waals surface area contributed by atoms with Gasteiger partial charge < -0.3 is 4.98 Å². The van der Waals surface area contributed by atoms with E-state index >= 15 is 0 Å². The van der Waals surface area contributed by atoms with Gasteiger partial charge in [-0.05, 0) is 36.5 Å². The van der Waals surface area contributed by atoms with Crippen LogP contribution in [0.2, 0.25) is 0 Å². The number of hydrogen-bond acceptors (Lipinski definition) is 2. The molecule has 0 atom stereocenters. The number of hydrogen-bond donors (Lipinski definition) is 1. The number of aromatic nitrogens is 2. The van der Waals surface area contributed by atoms with Crippen LogP contribution in [-0.2, 0) is 0 Å². The Labute approximate surface area is 104 Å². The largest absolute Gasteiger partial charge is 0.337 e. The maximum Gasteiger partial charge on any atom is 0.181 e. The molecule has 0 bridgehead atoms. The van der Waals surface area contributed by atoms with Crippen molar-refractivity contribution in [1.29, 1.82) is 5.26 Å². The Morgan fingerprint density at radius 3 is 2.65 bits per heavy atom. The van der Waals surface area contributed by atoms with Crippen LogP contribution < -0.4 is 0 Å². The fourth-order valence-corrected chi connectivity index (χ4v) is 1.65. The number of benzene rings is 1. The lowest BCUT2D eigenvalue weighted by molar-refractivity contribution is 1.03. The Balaban J connectivity index is 2.26. The van der Waals surface area contributed by atoms with Gasteiger partial charge in [0.1, 0.15) is 0 Å². The molecule has 0 spiro atoms. The van der Waals surface area contributed by atoms with Gasteiger partial charge in [0, 0.05) is 23.6 Å². The molecule has 0 aliphatic rings. The average Bonchev–Trinajstić information content (AvgIpc) is 2.77. The third-order valence-electron chi connectivity index (χ3n) is 2.19. The highest BCUT2D eigenvalue weighted by molar-refractivity contribution is 7.71. The van der Waals surface area contributed by atoms with Gasteiger partial charge in [0.05, 0.1) is 12.5 Å². The number of nitrogens with one attached hydrogen (secondary N) is 1. The molecule has 0 radical (unpaired) electrons. The van der Waals surface area contributed by atoms with Gasteiger partial charge in [0.15, 0.2) is 4.77 Å². The van der Waals surface area contributed by atoms with Crippen molar-refractivity contribution in [3.05, 3.63) is 47.0 Å². The molecule has 0 fully saturated rings. The summed E-state index contributed by atoms with van der Waals surface area (Å²) >= 11 is 5.13. The highest BCUT2D eigenvalue weighted by Gasteiger charge is 1.96. The second kappa shape index (κ2) is 5.16. The monoisotopic (exact) mass is 239 g/mol. The lowest BCUT2D eigenvalue weighted by atomic mass is 10.2. The van der Waals surface area contributed by atoms with Crippen molar-refractivity contribution in [2.45, 2.75) is 6.42 Å². The molecule has 3 nitrogen and oxygen atoms in total. The maximum atomic E-state index is 8.37. The van der Waals surface area contributed by atoms with E-state index < -0.39 is 0 Å². The second-order valence-corrected chi connectivity index (χ2v) is 3.71. The van der Waals surface area contributed by atoms with Crippen LogP contribution in [0.3, 0.4) is 0 Å². The fraction of sp³-hybridized carbons (Fsp3) is 0.0769. The zero-order valence-corrected chi connectivity index (χ0v) is 9.79. The van der Waals surface area contributed by atoms with Crippen LogP contribution in [0.4, 0.5) is 0 Å². The van der Waals surface area contributed by atoms with Crippen LogP contribution in [-0.4, -0.2) is 9.55 Å². The van der Waals surface area contributed by atoms with E-state index in [0.29, 0.717) is 4.77 Å². The molecule has 17 heavy (non-hydrogen) atoms. The van der Waals surface area contributed by atoms with Crippen molar-refractivity contribution in [3.8, 4) is 23.6 Å². The van der Waals surface area contributed by atoms with E-state index in [0.717, 1.165) is 11.3 Å². The van der Waals surface area contributed by atoms with Crippen molar-refractivity contribution < 1.29 is 0 Å². The number of nitrogens with zero attached hydrogens (tertiary/aromatic N) is 2. The summed E-state index contributed by atoms with van der Waals surface area (Å²) in [7, 11) is 0. The van der Waals surface area contributed by atoms with Gasteiger partial charge in [-0.25, -0.2) is 0 Å². The van der Waals surface area contributed by atoms with E-state index in [1.165, 1.54) is 0 Å². The standard InChI is InChI=1S/C13H9N3S/c14-8-2-1-3-11-4-6-12(7-5-11)16-10-9-15-13(16)17/h4-7,9-10H,2H2,(H,15,17). The van der Waals surface area contributed by atoms with Gasteiger partial charge in [-0.2, -0.15) is 5.26 Å². The molecule has 4 heteroatoms. The topological polar surface area (TPSA) is 44.5 Å². The number of H-pyrrole nitrogens is 1. The van der Waals surface area contributed by atoms with E-state index in [-0.39, 0.29) is 6.42 Å². The fourth-order valence-electron chi connectivity index (χ4n) is 1.41. The number of imidazole rings is 1. The quantitative estimate of drug-likeness (QED) is 0.614. The summed E-state index contributed by atoms with van der Waals surface area (Å²) in [5.74, 6) is 5.69. The predicted octanol–water partition coefficient (Wildman–Crippen LogP) is 2.80. The van der Waals surface area contributed by atoms with Crippen molar-refractivity contribution >= 4 is 12.2 Å². The van der Waals surface area contributed by atoms with Crippen LogP contribution in [0.1, 0.15) is 12.0 Å². The minimum Gasteiger partial charge on any atom is -0.337 e. The molecular weight excluding hydrogens is 230 g/mol. The predicted molar refractivity (Wildman–Crippen MR) is 68.1 cm³/mol. The van der Waals surface area contributed by atoms with Crippen molar-refractivity contribution in [3.63, 3.8) is 0 Å². The molecule has 1 N–H and O–H groups in total. The number of aromatic amines is 1. The Morgan fingerprint density at radius 2 is 2.06 bits per heavy atom. The summed E-state index contributed by atoms with van der Waals surface area (Å²) in [5, 5.41) is 8.37. The van der Waals surface area contributed by atoms with E-state index in [1.54, 1.807) is 6.20 Å². The molecule has 1 aromatic carbocycles. The van der Waals surface area contributed by atoms with Crippen LogP contribution in [0.5, 0.6) is 0 Å². The van der Waals surface area contributed by atoms with E-state index in [9.17, 15) is 0 Å². The van der Waals surface area contributed by atoms with Gasteiger partial charge >= 0.3 is 0 Å².